The molecule has 1 atom stereocenters. The zero-order valence-electron chi connectivity index (χ0n) is 17.7. The predicted molar refractivity (Wildman–Crippen MR) is 122 cm³/mol. The molecular weight excluding hydrogens is 425 g/mol. The van der Waals surface area contributed by atoms with E-state index in [0.29, 0.717) is 18.3 Å². The minimum atomic E-state index is -0.543. The SMILES string of the molecule is CCN(CC)Cc1nc(C2(NC(=O)CC(N)c3ccccc3)CCCC2)no1.Cl.Cl. The Hall–Kier alpha value is -1.67. The highest BCUT2D eigenvalue weighted by atomic mass is 35.5. The van der Waals surface area contributed by atoms with Gasteiger partial charge in [0.15, 0.2) is 5.82 Å². The Balaban J connectivity index is 0.00000225. The van der Waals surface area contributed by atoms with E-state index in [-0.39, 0.29) is 43.2 Å². The fraction of sp³-hybridized carbons (Fsp3) is 0.571. The van der Waals surface area contributed by atoms with E-state index in [2.05, 4.69) is 34.2 Å². The number of hydrogen-bond donors (Lipinski definition) is 2. The lowest BCUT2D eigenvalue weighted by atomic mass is 9.95. The molecule has 1 fully saturated rings. The molecule has 168 valence electrons. The van der Waals surface area contributed by atoms with Crippen LogP contribution in [-0.4, -0.2) is 34.0 Å². The number of halogens is 2. The Bertz CT molecular complexity index is 762. The normalized spacial score (nSPS) is 15.9. The van der Waals surface area contributed by atoms with Gasteiger partial charge in [-0.05, 0) is 31.5 Å². The second kappa shape index (κ2) is 12.2. The molecule has 1 unspecified atom stereocenters. The van der Waals surface area contributed by atoms with E-state index in [9.17, 15) is 4.79 Å². The number of benzene rings is 1. The van der Waals surface area contributed by atoms with Gasteiger partial charge in [-0.2, -0.15) is 4.98 Å². The quantitative estimate of drug-likeness (QED) is 0.594. The molecule has 1 amide bonds. The summed E-state index contributed by atoms with van der Waals surface area (Å²) in [5.74, 6) is 1.11. The van der Waals surface area contributed by atoms with Crippen molar-refractivity contribution < 1.29 is 9.32 Å². The zero-order valence-corrected chi connectivity index (χ0v) is 19.3. The number of amides is 1. The highest BCUT2D eigenvalue weighted by molar-refractivity contribution is 5.85. The Morgan fingerprint density at radius 1 is 1.20 bits per heavy atom. The van der Waals surface area contributed by atoms with E-state index < -0.39 is 5.54 Å². The molecule has 30 heavy (non-hydrogen) atoms. The highest BCUT2D eigenvalue weighted by Gasteiger charge is 2.41. The van der Waals surface area contributed by atoms with Gasteiger partial charge in [0.1, 0.15) is 5.54 Å². The van der Waals surface area contributed by atoms with Crippen LogP contribution in [0.2, 0.25) is 0 Å². The maximum atomic E-state index is 12.8. The van der Waals surface area contributed by atoms with E-state index in [0.717, 1.165) is 44.3 Å². The van der Waals surface area contributed by atoms with Gasteiger partial charge in [-0.15, -0.1) is 24.8 Å². The fourth-order valence-corrected chi connectivity index (χ4v) is 3.87. The zero-order chi connectivity index (χ0) is 20.0. The minimum absolute atomic E-state index is 0. The number of nitrogens with zero attached hydrogens (tertiary/aromatic N) is 3. The van der Waals surface area contributed by atoms with Gasteiger partial charge in [0, 0.05) is 12.5 Å². The van der Waals surface area contributed by atoms with Gasteiger partial charge >= 0.3 is 0 Å². The largest absolute Gasteiger partial charge is 0.343 e. The van der Waals surface area contributed by atoms with Gasteiger partial charge in [0.25, 0.3) is 0 Å². The van der Waals surface area contributed by atoms with Crippen LogP contribution in [0.5, 0.6) is 0 Å². The van der Waals surface area contributed by atoms with Crippen molar-refractivity contribution in [3.63, 3.8) is 0 Å². The minimum Gasteiger partial charge on any atom is -0.343 e. The third-order valence-electron chi connectivity index (χ3n) is 5.62. The van der Waals surface area contributed by atoms with Crippen LogP contribution in [0.3, 0.4) is 0 Å². The van der Waals surface area contributed by atoms with Crippen LogP contribution in [0.25, 0.3) is 0 Å². The monoisotopic (exact) mass is 457 g/mol. The van der Waals surface area contributed by atoms with Crippen molar-refractivity contribution >= 4 is 30.7 Å². The number of nitrogens with two attached hydrogens (primary N) is 1. The molecule has 1 aromatic carbocycles. The molecule has 1 heterocycles. The summed E-state index contributed by atoms with van der Waals surface area (Å²) < 4.78 is 5.49. The molecule has 0 spiro atoms. The van der Waals surface area contributed by atoms with E-state index in [1.54, 1.807) is 0 Å². The summed E-state index contributed by atoms with van der Waals surface area (Å²) in [7, 11) is 0. The van der Waals surface area contributed by atoms with Gasteiger partial charge in [-0.25, -0.2) is 0 Å². The van der Waals surface area contributed by atoms with Crippen LogP contribution in [0, 0.1) is 0 Å². The highest BCUT2D eigenvalue weighted by Crippen LogP contribution is 2.37. The summed E-state index contributed by atoms with van der Waals surface area (Å²) in [5, 5.41) is 7.41. The maximum absolute atomic E-state index is 12.8. The molecule has 2 aromatic rings. The third kappa shape index (κ3) is 6.41. The summed E-state index contributed by atoms with van der Waals surface area (Å²) in [5.41, 5.74) is 6.64. The molecule has 0 bridgehead atoms. The summed E-state index contributed by atoms with van der Waals surface area (Å²) in [6.45, 7) is 6.69. The average molecular weight is 458 g/mol. The van der Waals surface area contributed by atoms with Crippen LogP contribution in [0.15, 0.2) is 34.9 Å². The molecule has 9 heteroatoms. The van der Waals surface area contributed by atoms with Gasteiger partial charge in [-0.3, -0.25) is 9.69 Å². The number of carbonyl (C=O) groups is 1. The molecule has 3 rings (SSSR count). The first-order valence-electron chi connectivity index (χ1n) is 10.2. The van der Waals surface area contributed by atoms with Crippen molar-refractivity contribution in [2.24, 2.45) is 5.73 Å². The molecule has 1 saturated carbocycles. The summed E-state index contributed by atoms with van der Waals surface area (Å²) in [4.78, 5) is 19.6. The molecule has 1 aliphatic carbocycles. The maximum Gasteiger partial charge on any atom is 0.240 e. The Morgan fingerprint density at radius 3 is 2.43 bits per heavy atom. The molecule has 3 N–H and O–H groups in total. The first kappa shape index (κ1) is 26.4. The number of carbonyl (C=O) groups excluding carboxylic acids is 1. The molecule has 1 aliphatic rings. The second-order valence-electron chi connectivity index (χ2n) is 7.53. The number of aromatic nitrogens is 2. The average Bonchev–Trinajstić information content (AvgIpc) is 3.37. The van der Waals surface area contributed by atoms with Crippen LogP contribution in [0.4, 0.5) is 0 Å². The standard InChI is InChI=1S/C21H31N5O2.2ClH/c1-3-26(4-2)15-19-23-20(25-28-19)21(12-8-9-13-21)24-18(27)14-17(22)16-10-6-5-7-11-16;;/h5-7,10-11,17H,3-4,8-9,12-15,22H2,1-2H3,(H,24,27);2*1H. The van der Waals surface area contributed by atoms with Gasteiger partial charge in [-0.1, -0.05) is 62.2 Å². The van der Waals surface area contributed by atoms with Gasteiger partial charge in [0.2, 0.25) is 11.8 Å². The smallest absolute Gasteiger partial charge is 0.240 e. The van der Waals surface area contributed by atoms with Crippen LogP contribution in [-0.2, 0) is 16.9 Å². The van der Waals surface area contributed by atoms with Crippen molar-refractivity contribution in [2.45, 2.75) is 64.1 Å². The lowest BCUT2D eigenvalue weighted by molar-refractivity contribution is -0.123. The van der Waals surface area contributed by atoms with Crippen molar-refractivity contribution in [3.8, 4) is 0 Å². The number of rotatable bonds is 9. The predicted octanol–water partition coefficient (Wildman–Crippen LogP) is 3.73. The van der Waals surface area contributed by atoms with Gasteiger partial charge < -0.3 is 15.6 Å². The molecule has 0 radical (unpaired) electrons. The number of hydrogen-bond acceptors (Lipinski definition) is 6. The van der Waals surface area contributed by atoms with E-state index in [1.807, 2.05) is 30.3 Å². The lowest BCUT2D eigenvalue weighted by Gasteiger charge is -2.27. The van der Waals surface area contributed by atoms with Crippen molar-refractivity contribution in [1.29, 1.82) is 0 Å². The Morgan fingerprint density at radius 2 is 1.83 bits per heavy atom. The lowest BCUT2D eigenvalue weighted by Crippen LogP contribution is -2.45. The van der Waals surface area contributed by atoms with Crippen LogP contribution >= 0.6 is 24.8 Å². The Kier molecular flexibility index (Phi) is 10.8. The first-order valence-corrected chi connectivity index (χ1v) is 10.2. The Labute approximate surface area is 191 Å². The van der Waals surface area contributed by atoms with Crippen molar-refractivity contribution in [1.82, 2.24) is 20.4 Å². The third-order valence-corrected chi connectivity index (χ3v) is 5.62. The molecule has 0 saturated heterocycles. The van der Waals surface area contributed by atoms with Crippen molar-refractivity contribution in [2.75, 3.05) is 13.1 Å². The van der Waals surface area contributed by atoms with Crippen LogP contribution in [0.1, 0.15) is 69.3 Å². The fourth-order valence-electron chi connectivity index (χ4n) is 3.87. The van der Waals surface area contributed by atoms with E-state index in [1.165, 1.54) is 0 Å². The topological polar surface area (TPSA) is 97.3 Å². The summed E-state index contributed by atoms with van der Waals surface area (Å²) in [6.07, 6.45) is 3.94. The molecular formula is C21H33Cl2N5O2. The number of nitrogens with one attached hydrogen (secondary N) is 1. The molecule has 0 aliphatic heterocycles. The summed E-state index contributed by atoms with van der Waals surface area (Å²) in [6, 6.07) is 9.37. The summed E-state index contributed by atoms with van der Waals surface area (Å²) >= 11 is 0. The van der Waals surface area contributed by atoms with Gasteiger partial charge in [0.05, 0.1) is 6.54 Å². The van der Waals surface area contributed by atoms with Crippen molar-refractivity contribution in [3.05, 3.63) is 47.6 Å². The van der Waals surface area contributed by atoms with Crippen LogP contribution < -0.4 is 11.1 Å². The second-order valence-corrected chi connectivity index (χ2v) is 7.53. The van der Waals surface area contributed by atoms with E-state index in [4.69, 9.17) is 10.3 Å². The molecule has 7 nitrogen and oxygen atoms in total. The molecule has 1 aromatic heterocycles. The first-order chi connectivity index (χ1) is 13.6. The van der Waals surface area contributed by atoms with E-state index >= 15 is 0 Å².